The first-order chi connectivity index (χ1) is 6.77. The van der Waals surface area contributed by atoms with Gasteiger partial charge >= 0.3 is 0 Å². The van der Waals surface area contributed by atoms with Crippen molar-refractivity contribution in [3.05, 3.63) is 36.4 Å². The van der Waals surface area contributed by atoms with Crippen molar-refractivity contribution in [2.75, 3.05) is 0 Å². The molecule has 0 N–H and O–H groups in total. The summed E-state index contributed by atoms with van der Waals surface area (Å²) in [4.78, 5) is 13.2. The Labute approximate surface area is 87.7 Å². The molecule has 70 valence electrons. The first-order valence-electron chi connectivity index (χ1n) is 4.21. The predicted molar refractivity (Wildman–Crippen MR) is 57.3 cm³/mol. The molecule has 0 saturated heterocycles. The normalized spacial score (nSPS) is 10.1. The molecule has 0 radical (unpaired) electrons. The maximum Gasteiger partial charge on any atom is 0.164 e. The maximum atomic E-state index is 4.34. The SMILES string of the molecule is Cc1ncnc(-c2ccccc2S)n1. The van der Waals surface area contributed by atoms with Gasteiger partial charge in [0.15, 0.2) is 5.82 Å². The van der Waals surface area contributed by atoms with E-state index in [9.17, 15) is 0 Å². The monoisotopic (exact) mass is 203 g/mol. The van der Waals surface area contributed by atoms with Crippen LogP contribution >= 0.6 is 12.6 Å². The second kappa shape index (κ2) is 3.75. The van der Waals surface area contributed by atoms with Crippen molar-refractivity contribution >= 4 is 12.6 Å². The molecule has 1 aromatic heterocycles. The topological polar surface area (TPSA) is 38.7 Å². The molecule has 0 bridgehead atoms. The van der Waals surface area contributed by atoms with E-state index in [1.165, 1.54) is 6.33 Å². The lowest BCUT2D eigenvalue weighted by molar-refractivity contribution is 0.979. The minimum atomic E-state index is 0.670. The van der Waals surface area contributed by atoms with Gasteiger partial charge in [-0.25, -0.2) is 15.0 Å². The van der Waals surface area contributed by atoms with Crippen LogP contribution in [-0.2, 0) is 0 Å². The lowest BCUT2D eigenvalue weighted by Crippen LogP contribution is -1.94. The molecule has 2 aromatic rings. The second-order valence-corrected chi connectivity index (χ2v) is 3.36. The van der Waals surface area contributed by atoms with Gasteiger partial charge in [-0.1, -0.05) is 18.2 Å². The van der Waals surface area contributed by atoms with Crippen molar-refractivity contribution in [2.24, 2.45) is 0 Å². The van der Waals surface area contributed by atoms with Crippen molar-refractivity contribution in [3.63, 3.8) is 0 Å². The van der Waals surface area contributed by atoms with Gasteiger partial charge in [-0.3, -0.25) is 0 Å². The zero-order valence-electron chi connectivity index (χ0n) is 7.68. The van der Waals surface area contributed by atoms with E-state index in [0.29, 0.717) is 11.6 Å². The Bertz CT molecular complexity index is 457. The molecular weight excluding hydrogens is 194 g/mol. The molecule has 0 aliphatic rings. The average molecular weight is 203 g/mol. The molecule has 3 nitrogen and oxygen atoms in total. The quantitative estimate of drug-likeness (QED) is 0.722. The Morgan fingerprint density at radius 3 is 2.64 bits per heavy atom. The van der Waals surface area contributed by atoms with E-state index in [2.05, 4.69) is 27.6 Å². The molecule has 2 rings (SSSR count). The zero-order valence-corrected chi connectivity index (χ0v) is 8.57. The van der Waals surface area contributed by atoms with Gasteiger partial charge < -0.3 is 0 Å². The molecule has 1 heterocycles. The molecule has 0 spiro atoms. The second-order valence-electron chi connectivity index (χ2n) is 2.87. The minimum absolute atomic E-state index is 0.670. The van der Waals surface area contributed by atoms with Gasteiger partial charge in [0.2, 0.25) is 0 Å². The van der Waals surface area contributed by atoms with Crippen LogP contribution in [0.1, 0.15) is 5.82 Å². The molecule has 0 fully saturated rings. The van der Waals surface area contributed by atoms with Crippen LogP contribution in [0.2, 0.25) is 0 Å². The Kier molecular flexibility index (Phi) is 2.45. The number of hydrogen-bond acceptors (Lipinski definition) is 4. The lowest BCUT2D eigenvalue weighted by Gasteiger charge is -2.02. The van der Waals surface area contributed by atoms with E-state index in [1.54, 1.807) is 0 Å². The van der Waals surface area contributed by atoms with Crippen molar-refractivity contribution < 1.29 is 0 Å². The third kappa shape index (κ3) is 1.75. The summed E-state index contributed by atoms with van der Waals surface area (Å²) < 4.78 is 0. The van der Waals surface area contributed by atoms with E-state index in [-0.39, 0.29) is 0 Å². The zero-order chi connectivity index (χ0) is 9.97. The summed E-state index contributed by atoms with van der Waals surface area (Å²) in [6.07, 6.45) is 1.51. The highest BCUT2D eigenvalue weighted by Crippen LogP contribution is 2.22. The molecule has 0 aliphatic carbocycles. The molecular formula is C10H9N3S. The van der Waals surface area contributed by atoms with Gasteiger partial charge in [0, 0.05) is 10.5 Å². The summed E-state index contributed by atoms with van der Waals surface area (Å²) in [5.74, 6) is 1.38. The summed E-state index contributed by atoms with van der Waals surface area (Å²) in [7, 11) is 0. The number of thiol groups is 1. The van der Waals surface area contributed by atoms with E-state index < -0.39 is 0 Å². The third-order valence-corrected chi connectivity index (χ3v) is 2.23. The fourth-order valence-corrected chi connectivity index (χ4v) is 1.43. The van der Waals surface area contributed by atoms with Gasteiger partial charge in [-0.2, -0.15) is 0 Å². The van der Waals surface area contributed by atoms with Gasteiger partial charge in [0.25, 0.3) is 0 Å². The van der Waals surface area contributed by atoms with Crippen LogP contribution in [0.4, 0.5) is 0 Å². The lowest BCUT2D eigenvalue weighted by atomic mass is 10.2. The number of hydrogen-bond donors (Lipinski definition) is 1. The smallest absolute Gasteiger partial charge is 0.164 e. The first kappa shape index (κ1) is 9.15. The molecule has 0 amide bonds. The van der Waals surface area contributed by atoms with E-state index in [4.69, 9.17) is 0 Å². The van der Waals surface area contributed by atoms with E-state index in [0.717, 1.165) is 10.5 Å². The number of aromatic nitrogens is 3. The van der Waals surface area contributed by atoms with Crippen LogP contribution in [0.5, 0.6) is 0 Å². The molecule has 0 aliphatic heterocycles. The summed E-state index contributed by atoms with van der Waals surface area (Å²) in [5.41, 5.74) is 0.932. The van der Waals surface area contributed by atoms with Crippen LogP contribution in [0.15, 0.2) is 35.5 Å². The first-order valence-corrected chi connectivity index (χ1v) is 4.66. The Hall–Kier alpha value is -1.42. The van der Waals surface area contributed by atoms with Gasteiger partial charge in [0.05, 0.1) is 0 Å². The number of nitrogens with zero attached hydrogens (tertiary/aromatic N) is 3. The maximum absolute atomic E-state index is 4.34. The summed E-state index contributed by atoms with van der Waals surface area (Å²) in [6.45, 7) is 1.84. The molecule has 0 unspecified atom stereocenters. The van der Waals surface area contributed by atoms with Crippen molar-refractivity contribution in [1.82, 2.24) is 15.0 Å². The van der Waals surface area contributed by atoms with Gasteiger partial charge in [-0.05, 0) is 13.0 Å². The average Bonchev–Trinajstić information content (AvgIpc) is 2.18. The number of aryl methyl sites for hydroxylation is 1. The van der Waals surface area contributed by atoms with Gasteiger partial charge in [-0.15, -0.1) is 12.6 Å². The molecule has 0 saturated carbocycles. The van der Waals surface area contributed by atoms with Crippen molar-refractivity contribution in [1.29, 1.82) is 0 Å². The van der Waals surface area contributed by atoms with Crippen molar-refractivity contribution in [3.8, 4) is 11.4 Å². The van der Waals surface area contributed by atoms with Crippen LogP contribution in [0.3, 0.4) is 0 Å². The molecule has 4 heteroatoms. The number of benzene rings is 1. The van der Waals surface area contributed by atoms with Crippen LogP contribution < -0.4 is 0 Å². The highest BCUT2D eigenvalue weighted by molar-refractivity contribution is 7.80. The Morgan fingerprint density at radius 1 is 1.14 bits per heavy atom. The van der Waals surface area contributed by atoms with Crippen LogP contribution in [-0.4, -0.2) is 15.0 Å². The Morgan fingerprint density at radius 2 is 1.93 bits per heavy atom. The predicted octanol–water partition coefficient (Wildman–Crippen LogP) is 2.14. The minimum Gasteiger partial charge on any atom is -0.222 e. The highest BCUT2D eigenvalue weighted by Gasteiger charge is 2.04. The standard InChI is InChI=1S/C10H9N3S/c1-7-11-6-12-10(13-7)8-4-2-3-5-9(8)14/h2-6,14H,1H3. The molecule has 14 heavy (non-hydrogen) atoms. The summed E-state index contributed by atoms with van der Waals surface area (Å²) in [5, 5.41) is 0. The van der Waals surface area contributed by atoms with Crippen LogP contribution in [0.25, 0.3) is 11.4 Å². The van der Waals surface area contributed by atoms with E-state index in [1.807, 2.05) is 31.2 Å². The van der Waals surface area contributed by atoms with Gasteiger partial charge in [0.1, 0.15) is 12.2 Å². The largest absolute Gasteiger partial charge is 0.222 e. The summed E-state index contributed by atoms with van der Waals surface area (Å²) in [6, 6.07) is 7.72. The fraction of sp³-hybridized carbons (Fsp3) is 0.100. The Balaban J connectivity index is 2.55. The van der Waals surface area contributed by atoms with E-state index >= 15 is 0 Å². The third-order valence-electron chi connectivity index (χ3n) is 1.84. The highest BCUT2D eigenvalue weighted by atomic mass is 32.1. The fourth-order valence-electron chi connectivity index (χ4n) is 1.17. The summed E-state index contributed by atoms with van der Waals surface area (Å²) >= 11 is 4.34. The number of rotatable bonds is 1. The van der Waals surface area contributed by atoms with Crippen LogP contribution in [0, 0.1) is 6.92 Å². The molecule has 0 atom stereocenters. The van der Waals surface area contributed by atoms with Crippen molar-refractivity contribution in [2.45, 2.75) is 11.8 Å². The molecule has 1 aromatic carbocycles.